The van der Waals surface area contributed by atoms with E-state index in [-0.39, 0.29) is 6.23 Å². The lowest BCUT2D eigenvalue weighted by Gasteiger charge is -2.33. The Kier molecular flexibility index (Phi) is 3.95. The lowest BCUT2D eigenvalue weighted by atomic mass is 10.1. The van der Waals surface area contributed by atoms with Gasteiger partial charge >= 0.3 is 0 Å². The predicted octanol–water partition coefficient (Wildman–Crippen LogP) is 2.32. The van der Waals surface area contributed by atoms with Crippen LogP contribution in [0.5, 0.6) is 0 Å². The van der Waals surface area contributed by atoms with Gasteiger partial charge < -0.3 is 9.53 Å². The molecule has 0 heterocycles. The van der Waals surface area contributed by atoms with Crippen LogP contribution in [0.15, 0.2) is 0 Å². The van der Waals surface area contributed by atoms with E-state index < -0.39 is 8.32 Å². The predicted molar refractivity (Wildman–Crippen MR) is 57.1 cm³/mol. The molecule has 0 amide bonds. The molecule has 0 aromatic heterocycles. The van der Waals surface area contributed by atoms with E-state index in [4.69, 9.17) is 4.43 Å². The molecule has 1 aliphatic rings. The maximum atomic E-state index is 9.35. The molecule has 1 saturated carbocycles. The molecule has 0 saturated heterocycles. The fourth-order valence-electron chi connectivity index (χ4n) is 2.35. The summed E-state index contributed by atoms with van der Waals surface area (Å²) in [5.74, 6) is 0.809. The van der Waals surface area contributed by atoms with E-state index in [1.807, 2.05) is 0 Å². The van der Waals surface area contributed by atoms with Crippen molar-refractivity contribution in [1.29, 1.82) is 0 Å². The van der Waals surface area contributed by atoms with Crippen LogP contribution in [0.1, 0.15) is 32.6 Å². The van der Waals surface area contributed by atoms with Crippen molar-refractivity contribution in [2.24, 2.45) is 5.92 Å². The minimum atomic E-state index is -1.81. The van der Waals surface area contributed by atoms with E-state index in [0.717, 1.165) is 5.92 Å². The van der Waals surface area contributed by atoms with E-state index in [0.29, 0.717) is 5.54 Å². The molecule has 2 nitrogen and oxygen atoms in total. The molecule has 0 bridgehead atoms. The van der Waals surface area contributed by atoms with Crippen molar-refractivity contribution in [2.75, 3.05) is 13.3 Å². The topological polar surface area (TPSA) is 29.5 Å². The quantitative estimate of drug-likeness (QED) is 0.709. The minimum Gasteiger partial charge on any atom is -0.418 e. The van der Waals surface area contributed by atoms with Crippen LogP contribution in [0.4, 0.5) is 0 Å². The van der Waals surface area contributed by atoms with Gasteiger partial charge in [-0.25, -0.2) is 0 Å². The molecule has 0 spiro atoms. The first-order chi connectivity index (χ1) is 6.14. The highest BCUT2D eigenvalue weighted by molar-refractivity contribution is 6.73. The monoisotopic (exact) mass is 202 g/mol. The molecule has 2 unspecified atom stereocenters. The van der Waals surface area contributed by atoms with Gasteiger partial charge in [-0.3, -0.25) is 0 Å². The maximum absolute atomic E-state index is 9.35. The van der Waals surface area contributed by atoms with Crippen LogP contribution in [-0.4, -0.2) is 26.8 Å². The van der Waals surface area contributed by atoms with Crippen molar-refractivity contribution in [2.45, 2.75) is 44.7 Å². The first kappa shape index (κ1) is 11.2. The zero-order chi connectivity index (χ0) is 9.90. The lowest BCUT2D eigenvalue weighted by molar-refractivity contribution is 0.282. The largest absolute Gasteiger partial charge is 0.418 e. The van der Waals surface area contributed by atoms with Crippen LogP contribution in [-0.2, 0) is 4.43 Å². The zero-order valence-electron chi connectivity index (χ0n) is 9.05. The molecule has 1 rings (SSSR count). The molecule has 1 fully saturated rings. The van der Waals surface area contributed by atoms with Crippen molar-refractivity contribution in [3.05, 3.63) is 0 Å². The van der Waals surface area contributed by atoms with Gasteiger partial charge in [0.1, 0.15) is 0 Å². The third-order valence-electron chi connectivity index (χ3n) is 3.85. The zero-order valence-corrected chi connectivity index (χ0v) is 10.0. The van der Waals surface area contributed by atoms with Gasteiger partial charge in [-0.1, -0.05) is 32.6 Å². The maximum Gasteiger partial charge on any atom is 0.217 e. The standard InChI is InChI=1S/C10H22O2Si/c1-9(10-6-4-5-7-10)13(3,8-11)12-2/h9-11H,4-8H2,1-3H3. The third-order valence-corrected chi connectivity index (χ3v) is 7.81. The Balaban J connectivity index is 2.57. The van der Waals surface area contributed by atoms with Crippen LogP contribution in [0.2, 0.25) is 12.1 Å². The summed E-state index contributed by atoms with van der Waals surface area (Å²) in [6.45, 7) is 4.41. The molecule has 13 heavy (non-hydrogen) atoms. The summed E-state index contributed by atoms with van der Waals surface area (Å²) >= 11 is 0. The minimum absolute atomic E-state index is 0.265. The average Bonchev–Trinajstić information content (AvgIpc) is 2.68. The van der Waals surface area contributed by atoms with Crippen LogP contribution >= 0.6 is 0 Å². The molecule has 0 aliphatic heterocycles. The van der Waals surface area contributed by atoms with Crippen LogP contribution in [0.3, 0.4) is 0 Å². The van der Waals surface area contributed by atoms with Gasteiger partial charge in [0.25, 0.3) is 0 Å². The third kappa shape index (κ3) is 2.33. The summed E-state index contributed by atoms with van der Waals surface area (Å²) in [7, 11) is -0.0524. The van der Waals surface area contributed by atoms with Crippen LogP contribution < -0.4 is 0 Å². The van der Waals surface area contributed by atoms with Gasteiger partial charge in [0, 0.05) is 7.11 Å². The van der Waals surface area contributed by atoms with Gasteiger partial charge in [-0.2, -0.15) is 0 Å². The first-order valence-electron chi connectivity index (χ1n) is 5.30. The Morgan fingerprint density at radius 1 is 1.46 bits per heavy atom. The molecule has 1 aliphatic carbocycles. The lowest BCUT2D eigenvalue weighted by Crippen LogP contribution is -2.44. The van der Waals surface area contributed by atoms with Crippen molar-refractivity contribution >= 4 is 8.32 Å². The number of hydrogen-bond acceptors (Lipinski definition) is 2. The fourth-order valence-corrected chi connectivity index (χ4v) is 4.47. The van der Waals surface area contributed by atoms with Crippen molar-refractivity contribution < 1.29 is 9.53 Å². The molecule has 3 heteroatoms. The van der Waals surface area contributed by atoms with Crippen molar-refractivity contribution in [3.8, 4) is 0 Å². The second-order valence-corrected chi connectivity index (χ2v) is 8.77. The van der Waals surface area contributed by atoms with E-state index >= 15 is 0 Å². The van der Waals surface area contributed by atoms with Crippen LogP contribution in [0.25, 0.3) is 0 Å². The van der Waals surface area contributed by atoms with E-state index in [1.165, 1.54) is 25.7 Å². The number of aliphatic hydroxyl groups is 1. The molecular formula is C10H22O2Si. The molecule has 1 N–H and O–H groups in total. The van der Waals surface area contributed by atoms with Gasteiger partial charge in [-0.05, 0) is 18.0 Å². The summed E-state index contributed by atoms with van der Waals surface area (Å²) in [5.41, 5.74) is 0.602. The van der Waals surface area contributed by atoms with Gasteiger partial charge in [0.2, 0.25) is 8.32 Å². The average molecular weight is 202 g/mol. The van der Waals surface area contributed by atoms with Gasteiger partial charge in [-0.15, -0.1) is 0 Å². The molecular weight excluding hydrogens is 180 g/mol. The highest BCUT2D eigenvalue weighted by atomic mass is 28.4. The van der Waals surface area contributed by atoms with Crippen molar-refractivity contribution in [1.82, 2.24) is 0 Å². The Hall–Kier alpha value is 0.137. The summed E-state index contributed by atoms with van der Waals surface area (Å²) in [4.78, 5) is 0. The SMILES string of the molecule is CO[Si](C)(CO)C(C)C1CCCC1. The fraction of sp³-hybridized carbons (Fsp3) is 1.00. The summed E-state index contributed by atoms with van der Waals surface area (Å²) in [6, 6.07) is 0. The van der Waals surface area contributed by atoms with E-state index in [2.05, 4.69) is 13.5 Å². The Labute approximate surface area is 82.4 Å². The molecule has 78 valence electrons. The second kappa shape index (κ2) is 4.58. The van der Waals surface area contributed by atoms with Crippen molar-refractivity contribution in [3.63, 3.8) is 0 Å². The first-order valence-corrected chi connectivity index (χ1v) is 7.99. The number of rotatable bonds is 4. The summed E-state index contributed by atoms with van der Waals surface area (Å²) < 4.78 is 5.55. The molecule has 0 aromatic carbocycles. The smallest absolute Gasteiger partial charge is 0.217 e. The number of hydrogen-bond donors (Lipinski definition) is 1. The second-order valence-electron chi connectivity index (χ2n) is 4.51. The Morgan fingerprint density at radius 2 is 2.00 bits per heavy atom. The summed E-state index contributed by atoms with van der Waals surface area (Å²) in [6.07, 6.45) is 5.69. The molecule has 2 atom stereocenters. The molecule has 0 aromatic rings. The van der Waals surface area contributed by atoms with E-state index in [1.54, 1.807) is 7.11 Å². The highest BCUT2D eigenvalue weighted by Crippen LogP contribution is 2.40. The normalized spacial score (nSPS) is 25.8. The number of aliphatic hydroxyl groups excluding tert-OH is 1. The summed E-state index contributed by atoms with van der Waals surface area (Å²) in [5, 5.41) is 9.35. The van der Waals surface area contributed by atoms with Crippen LogP contribution in [0, 0.1) is 5.92 Å². The molecule has 0 radical (unpaired) electrons. The van der Waals surface area contributed by atoms with E-state index in [9.17, 15) is 5.11 Å². The van der Waals surface area contributed by atoms with Gasteiger partial charge in [0.05, 0.1) is 6.23 Å². The Bertz CT molecular complexity index is 151. The highest BCUT2D eigenvalue weighted by Gasteiger charge is 2.39. The van der Waals surface area contributed by atoms with Gasteiger partial charge in [0.15, 0.2) is 0 Å². The Morgan fingerprint density at radius 3 is 2.38 bits per heavy atom.